The molecule has 0 spiro atoms. The van der Waals surface area contributed by atoms with Gasteiger partial charge in [-0.3, -0.25) is 4.79 Å². The first kappa shape index (κ1) is 17.6. The lowest BCUT2D eigenvalue weighted by Gasteiger charge is -2.29. The first-order valence-electron chi connectivity index (χ1n) is 8.02. The molecule has 1 N–H and O–H groups in total. The molecule has 126 valence electrons. The first-order chi connectivity index (χ1) is 11.0. The fraction of sp³-hybridized carbons (Fsp3) is 0.529. The Morgan fingerprint density at radius 1 is 1.35 bits per heavy atom. The number of piperidine rings is 1. The van der Waals surface area contributed by atoms with E-state index >= 15 is 0 Å². The van der Waals surface area contributed by atoms with E-state index in [0.29, 0.717) is 24.5 Å². The highest BCUT2D eigenvalue weighted by Crippen LogP contribution is 2.16. The molecule has 5 nitrogen and oxygen atoms in total. The number of likely N-dealkylation sites (N-methyl/N-ethyl adjacent to an activating group) is 1. The fourth-order valence-electron chi connectivity index (χ4n) is 2.60. The van der Waals surface area contributed by atoms with Gasteiger partial charge in [-0.05, 0) is 37.5 Å². The van der Waals surface area contributed by atoms with E-state index in [9.17, 15) is 9.59 Å². The minimum absolute atomic E-state index is 0.0983. The van der Waals surface area contributed by atoms with Crippen LogP contribution < -0.4 is 5.32 Å². The molecule has 1 saturated heterocycles. The highest BCUT2D eigenvalue weighted by atomic mass is 35.5. The highest BCUT2D eigenvalue weighted by Gasteiger charge is 2.19. The largest absolute Gasteiger partial charge is 0.341 e. The fourth-order valence-corrected chi connectivity index (χ4v) is 2.73. The summed E-state index contributed by atoms with van der Waals surface area (Å²) in [5.74, 6) is 0.194. The van der Waals surface area contributed by atoms with E-state index in [-0.39, 0.29) is 18.0 Å². The number of nitrogens with zero attached hydrogens (tertiary/aromatic N) is 2. The highest BCUT2D eigenvalue weighted by molar-refractivity contribution is 6.30. The van der Waals surface area contributed by atoms with Crippen LogP contribution in [0.15, 0.2) is 24.3 Å². The molecule has 0 radical (unpaired) electrons. The van der Waals surface area contributed by atoms with Crippen LogP contribution in [0.4, 0.5) is 4.79 Å². The second-order valence-electron chi connectivity index (χ2n) is 5.98. The SMILES string of the molecule is C[C@H](NC(=O)N(C)CCN1CCCCC1=O)c1ccc(Cl)cc1. The quantitative estimate of drug-likeness (QED) is 0.897. The Labute approximate surface area is 142 Å². The van der Waals surface area contributed by atoms with Crippen molar-refractivity contribution in [3.63, 3.8) is 0 Å². The van der Waals surface area contributed by atoms with Crippen LogP contribution in [0.25, 0.3) is 0 Å². The number of urea groups is 1. The average molecular weight is 338 g/mol. The zero-order valence-electron chi connectivity index (χ0n) is 13.7. The maximum absolute atomic E-state index is 12.2. The molecule has 0 saturated carbocycles. The van der Waals surface area contributed by atoms with Crippen LogP contribution in [0.3, 0.4) is 0 Å². The van der Waals surface area contributed by atoms with Crippen LogP contribution in [0.1, 0.15) is 37.8 Å². The van der Waals surface area contributed by atoms with Gasteiger partial charge in [0.1, 0.15) is 0 Å². The molecule has 23 heavy (non-hydrogen) atoms. The van der Waals surface area contributed by atoms with E-state index in [1.54, 1.807) is 11.9 Å². The van der Waals surface area contributed by atoms with Gasteiger partial charge >= 0.3 is 6.03 Å². The lowest BCUT2D eigenvalue weighted by molar-refractivity contribution is -0.133. The summed E-state index contributed by atoms with van der Waals surface area (Å²) < 4.78 is 0. The molecule has 1 aromatic rings. The summed E-state index contributed by atoms with van der Waals surface area (Å²) in [5.41, 5.74) is 1.00. The molecule has 1 aromatic carbocycles. The van der Waals surface area contributed by atoms with E-state index in [0.717, 1.165) is 24.9 Å². The summed E-state index contributed by atoms with van der Waals surface area (Å²) in [6.07, 6.45) is 2.66. The van der Waals surface area contributed by atoms with Gasteiger partial charge in [-0.15, -0.1) is 0 Å². The van der Waals surface area contributed by atoms with Crippen LogP contribution in [0, 0.1) is 0 Å². The number of likely N-dealkylation sites (tertiary alicyclic amines) is 1. The van der Waals surface area contributed by atoms with Crippen LogP contribution in [-0.4, -0.2) is 48.4 Å². The maximum atomic E-state index is 12.2. The predicted molar refractivity (Wildman–Crippen MR) is 91.5 cm³/mol. The van der Waals surface area contributed by atoms with E-state index in [2.05, 4.69) is 5.32 Å². The normalized spacial score (nSPS) is 16.1. The van der Waals surface area contributed by atoms with Crippen LogP contribution >= 0.6 is 11.6 Å². The molecular weight excluding hydrogens is 314 g/mol. The van der Waals surface area contributed by atoms with Crippen LogP contribution in [0.2, 0.25) is 5.02 Å². The van der Waals surface area contributed by atoms with Crippen molar-refractivity contribution < 1.29 is 9.59 Å². The van der Waals surface area contributed by atoms with Crippen molar-refractivity contribution in [2.45, 2.75) is 32.2 Å². The summed E-state index contributed by atoms with van der Waals surface area (Å²) >= 11 is 5.87. The van der Waals surface area contributed by atoms with Gasteiger partial charge in [-0.1, -0.05) is 23.7 Å². The Balaban J connectivity index is 1.80. The molecular formula is C17H24ClN3O2. The second-order valence-corrected chi connectivity index (χ2v) is 6.42. The molecule has 0 aliphatic carbocycles. The molecule has 2 rings (SSSR count). The van der Waals surface area contributed by atoms with E-state index in [1.165, 1.54) is 0 Å². The number of amides is 3. The van der Waals surface area contributed by atoms with Gasteiger partial charge in [-0.25, -0.2) is 4.79 Å². The van der Waals surface area contributed by atoms with Crippen LogP contribution in [-0.2, 0) is 4.79 Å². The molecule has 0 aromatic heterocycles. The number of nitrogens with one attached hydrogen (secondary N) is 1. The summed E-state index contributed by atoms with van der Waals surface area (Å²) in [7, 11) is 1.75. The Kier molecular flexibility index (Phi) is 6.28. The lowest BCUT2D eigenvalue weighted by atomic mass is 10.1. The summed E-state index contributed by atoms with van der Waals surface area (Å²) in [4.78, 5) is 27.5. The smallest absolute Gasteiger partial charge is 0.317 e. The number of benzene rings is 1. The molecule has 1 aliphatic rings. The Hall–Kier alpha value is -1.75. The van der Waals surface area contributed by atoms with E-state index in [1.807, 2.05) is 36.1 Å². The number of carbonyl (C=O) groups excluding carboxylic acids is 2. The van der Waals surface area contributed by atoms with Crippen molar-refractivity contribution >= 4 is 23.5 Å². The zero-order valence-corrected chi connectivity index (χ0v) is 14.5. The van der Waals surface area contributed by atoms with Crippen LogP contribution in [0.5, 0.6) is 0 Å². The van der Waals surface area contributed by atoms with Crippen molar-refractivity contribution in [3.05, 3.63) is 34.9 Å². The number of hydrogen-bond acceptors (Lipinski definition) is 2. The van der Waals surface area contributed by atoms with Gasteiger partial charge in [0.05, 0.1) is 6.04 Å². The van der Waals surface area contributed by atoms with Crippen molar-refractivity contribution in [1.82, 2.24) is 15.1 Å². The van der Waals surface area contributed by atoms with Crippen molar-refractivity contribution in [2.24, 2.45) is 0 Å². The van der Waals surface area contributed by atoms with Crippen molar-refractivity contribution in [2.75, 3.05) is 26.7 Å². The van der Waals surface area contributed by atoms with E-state index in [4.69, 9.17) is 11.6 Å². The number of halogens is 1. The summed E-state index contributed by atoms with van der Waals surface area (Å²) in [6, 6.07) is 7.19. The Morgan fingerprint density at radius 3 is 2.70 bits per heavy atom. The Morgan fingerprint density at radius 2 is 2.04 bits per heavy atom. The maximum Gasteiger partial charge on any atom is 0.317 e. The number of carbonyl (C=O) groups is 2. The van der Waals surface area contributed by atoms with Gasteiger partial charge < -0.3 is 15.1 Å². The minimum atomic E-state index is -0.142. The molecule has 1 aliphatic heterocycles. The molecule has 1 heterocycles. The first-order valence-corrected chi connectivity index (χ1v) is 8.40. The summed E-state index contributed by atoms with van der Waals surface area (Å²) in [5, 5.41) is 3.63. The molecule has 6 heteroatoms. The number of rotatable bonds is 5. The molecule has 3 amide bonds. The van der Waals surface area contributed by atoms with Gasteiger partial charge in [0.15, 0.2) is 0 Å². The van der Waals surface area contributed by atoms with Gasteiger partial charge in [-0.2, -0.15) is 0 Å². The third-order valence-electron chi connectivity index (χ3n) is 4.18. The standard InChI is InChI=1S/C17H24ClN3O2/c1-13(14-6-8-15(18)9-7-14)19-17(23)20(2)11-12-21-10-4-3-5-16(21)22/h6-9,13H,3-5,10-12H2,1-2H3,(H,19,23)/t13-/m0/s1. The topological polar surface area (TPSA) is 52.7 Å². The molecule has 0 unspecified atom stereocenters. The molecule has 1 atom stereocenters. The third-order valence-corrected chi connectivity index (χ3v) is 4.44. The monoisotopic (exact) mass is 337 g/mol. The average Bonchev–Trinajstić information content (AvgIpc) is 2.54. The molecule has 0 bridgehead atoms. The summed E-state index contributed by atoms with van der Waals surface area (Å²) in [6.45, 7) is 3.86. The number of hydrogen-bond donors (Lipinski definition) is 1. The predicted octanol–water partition coefficient (Wildman–Crippen LogP) is 3.05. The van der Waals surface area contributed by atoms with Gasteiger partial charge in [0, 0.05) is 38.1 Å². The van der Waals surface area contributed by atoms with E-state index < -0.39 is 0 Å². The van der Waals surface area contributed by atoms with Crippen molar-refractivity contribution in [1.29, 1.82) is 0 Å². The zero-order chi connectivity index (χ0) is 16.8. The second kappa shape index (κ2) is 8.20. The Bertz CT molecular complexity index is 547. The lowest BCUT2D eigenvalue weighted by Crippen LogP contribution is -2.44. The third kappa shape index (κ3) is 5.13. The minimum Gasteiger partial charge on any atom is -0.341 e. The molecule has 1 fully saturated rings. The van der Waals surface area contributed by atoms with Gasteiger partial charge in [0.2, 0.25) is 5.91 Å². The van der Waals surface area contributed by atoms with Gasteiger partial charge in [0.25, 0.3) is 0 Å². The van der Waals surface area contributed by atoms with Crippen molar-refractivity contribution in [3.8, 4) is 0 Å².